The Labute approximate surface area is 128 Å². The molecule has 2 heterocycles. The fourth-order valence-corrected chi connectivity index (χ4v) is 3.15. The lowest BCUT2D eigenvalue weighted by molar-refractivity contribution is 0.346. The predicted molar refractivity (Wildman–Crippen MR) is 86.0 cm³/mol. The minimum absolute atomic E-state index is 0.491. The van der Waals surface area contributed by atoms with Gasteiger partial charge in [0.05, 0.1) is 11.7 Å². The van der Waals surface area contributed by atoms with Crippen molar-refractivity contribution in [1.82, 2.24) is 15.1 Å². The summed E-state index contributed by atoms with van der Waals surface area (Å²) < 4.78 is 3.30. The second-order valence-electron chi connectivity index (χ2n) is 5.57. The fraction of sp³-hybridized carbons (Fsp3) is 0.438. The normalized spacial score (nSPS) is 19.2. The largest absolute Gasteiger partial charge is 0.315 e. The molecule has 1 atom stereocenters. The summed E-state index contributed by atoms with van der Waals surface area (Å²) in [6, 6.07) is 7.00. The number of benzene rings is 1. The van der Waals surface area contributed by atoms with E-state index < -0.39 is 0 Å². The number of halogens is 1. The number of rotatable bonds is 2. The van der Waals surface area contributed by atoms with Gasteiger partial charge >= 0.3 is 0 Å². The first-order valence-corrected chi connectivity index (χ1v) is 7.97. The van der Waals surface area contributed by atoms with E-state index in [1.165, 1.54) is 29.5 Å². The summed E-state index contributed by atoms with van der Waals surface area (Å²) in [5.74, 6) is 0. The number of hydrogen-bond acceptors (Lipinski definition) is 2. The summed E-state index contributed by atoms with van der Waals surface area (Å²) in [6.07, 6.45) is 4.64. The highest BCUT2D eigenvalue weighted by Gasteiger charge is 2.17. The highest BCUT2D eigenvalue weighted by molar-refractivity contribution is 9.10. The molecule has 2 aromatic rings. The van der Waals surface area contributed by atoms with Crippen LogP contribution in [0, 0.1) is 13.8 Å². The maximum absolute atomic E-state index is 4.72. The molecule has 20 heavy (non-hydrogen) atoms. The van der Waals surface area contributed by atoms with E-state index in [1.54, 1.807) is 0 Å². The molecule has 1 aliphatic rings. The average molecular weight is 334 g/mol. The van der Waals surface area contributed by atoms with Gasteiger partial charge in [-0.25, -0.2) is 0 Å². The van der Waals surface area contributed by atoms with Gasteiger partial charge in [0.1, 0.15) is 0 Å². The van der Waals surface area contributed by atoms with E-state index in [2.05, 4.69) is 64.2 Å². The van der Waals surface area contributed by atoms with Gasteiger partial charge in [0, 0.05) is 22.8 Å². The van der Waals surface area contributed by atoms with Gasteiger partial charge in [0.2, 0.25) is 0 Å². The van der Waals surface area contributed by atoms with Crippen LogP contribution in [0.2, 0.25) is 0 Å². The molecule has 3 nitrogen and oxygen atoms in total. The maximum Gasteiger partial charge on any atom is 0.0672 e. The third-order valence-corrected chi connectivity index (χ3v) is 4.90. The smallest absolute Gasteiger partial charge is 0.0672 e. The van der Waals surface area contributed by atoms with Crippen LogP contribution in [-0.2, 0) is 0 Å². The molecule has 1 fully saturated rings. The third kappa shape index (κ3) is 2.67. The van der Waals surface area contributed by atoms with Gasteiger partial charge in [-0.15, -0.1) is 0 Å². The molecule has 0 amide bonds. The van der Waals surface area contributed by atoms with Crippen LogP contribution in [0.5, 0.6) is 0 Å². The molecule has 106 valence electrons. The zero-order valence-corrected chi connectivity index (χ0v) is 13.6. The minimum atomic E-state index is 0.491. The average Bonchev–Trinajstić information content (AvgIpc) is 2.85. The second kappa shape index (κ2) is 5.70. The molecule has 0 radical (unpaired) electrons. The summed E-state index contributed by atoms with van der Waals surface area (Å²) in [7, 11) is 0. The molecule has 1 unspecified atom stereocenters. The molecule has 0 aliphatic carbocycles. The summed E-state index contributed by atoms with van der Waals surface area (Å²) >= 11 is 3.61. The van der Waals surface area contributed by atoms with Crippen LogP contribution in [0.15, 0.2) is 28.9 Å². The lowest BCUT2D eigenvalue weighted by atomic mass is 10.1. The van der Waals surface area contributed by atoms with E-state index in [0.717, 1.165) is 23.3 Å². The maximum atomic E-state index is 4.72. The second-order valence-corrected chi connectivity index (χ2v) is 6.43. The number of aromatic nitrogens is 2. The third-order valence-electron chi connectivity index (χ3n) is 4.04. The quantitative estimate of drug-likeness (QED) is 0.904. The highest BCUT2D eigenvalue weighted by Crippen LogP contribution is 2.29. The molecule has 1 aromatic heterocycles. The summed E-state index contributed by atoms with van der Waals surface area (Å²) in [5.41, 5.74) is 4.83. The molecular formula is C16H20BrN3. The number of hydrogen-bond donors (Lipinski definition) is 1. The van der Waals surface area contributed by atoms with Crippen LogP contribution < -0.4 is 5.32 Å². The van der Waals surface area contributed by atoms with Crippen molar-refractivity contribution < 1.29 is 0 Å². The van der Waals surface area contributed by atoms with Crippen LogP contribution in [0.3, 0.4) is 0 Å². The van der Waals surface area contributed by atoms with Gasteiger partial charge in [-0.2, -0.15) is 5.10 Å². The molecule has 1 N–H and O–H groups in total. The number of nitrogens with zero attached hydrogens (tertiary/aromatic N) is 2. The van der Waals surface area contributed by atoms with Crippen LogP contribution >= 0.6 is 15.9 Å². The first-order chi connectivity index (χ1) is 9.65. The monoisotopic (exact) mass is 333 g/mol. The Balaban J connectivity index is 1.93. The van der Waals surface area contributed by atoms with Gasteiger partial charge in [0.15, 0.2) is 0 Å². The van der Waals surface area contributed by atoms with Gasteiger partial charge < -0.3 is 5.32 Å². The Kier molecular flexibility index (Phi) is 3.94. The molecule has 1 saturated heterocycles. The van der Waals surface area contributed by atoms with Crippen LogP contribution in [0.1, 0.15) is 30.1 Å². The van der Waals surface area contributed by atoms with Crippen molar-refractivity contribution >= 4 is 15.9 Å². The lowest BCUT2D eigenvalue weighted by Gasteiger charge is -2.22. The van der Waals surface area contributed by atoms with Crippen molar-refractivity contribution in [2.24, 2.45) is 0 Å². The summed E-state index contributed by atoms with van der Waals surface area (Å²) in [6.45, 7) is 6.36. The van der Waals surface area contributed by atoms with Crippen molar-refractivity contribution in [3.05, 3.63) is 40.1 Å². The topological polar surface area (TPSA) is 29.9 Å². The first kappa shape index (κ1) is 13.8. The SMILES string of the molecule is Cc1ccc(-c2cn(C3CCCNC3)nc2C)cc1Br. The zero-order valence-electron chi connectivity index (χ0n) is 12.0. The van der Waals surface area contributed by atoms with Crippen molar-refractivity contribution in [3.8, 4) is 11.1 Å². The Bertz CT molecular complexity index is 612. The Morgan fingerprint density at radius 3 is 2.90 bits per heavy atom. The van der Waals surface area contributed by atoms with Crippen LogP contribution in [0.25, 0.3) is 11.1 Å². The van der Waals surface area contributed by atoms with E-state index in [-0.39, 0.29) is 0 Å². The molecular weight excluding hydrogens is 314 g/mol. The first-order valence-electron chi connectivity index (χ1n) is 7.18. The van der Waals surface area contributed by atoms with Crippen LogP contribution in [0.4, 0.5) is 0 Å². The Morgan fingerprint density at radius 2 is 2.20 bits per heavy atom. The van der Waals surface area contributed by atoms with E-state index in [9.17, 15) is 0 Å². The van der Waals surface area contributed by atoms with Gasteiger partial charge in [0.25, 0.3) is 0 Å². The van der Waals surface area contributed by atoms with Gasteiger partial charge in [-0.05, 0) is 50.4 Å². The summed E-state index contributed by atoms with van der Waals surface area (Å²) in [4.78, 5) is 0. The Morgan fingerprint density at radius 1 is 1.35 bits per heavy atom. The van der Waals surface area contributed by atoms with Gasteiger partial charge in [-0.3, -0.25) is 4.68 Å². The summed E-state index contributed by atoms with van der Waals surface area (Å²) in [5, 5.41) is 8.17. The van der Waals surface area contributed by atoms with Crippen molar-refractivity contribution in [2.45, 2.75) is 32.7 Å². The standard InChI is InChI=1S/C16H20BrN3/c1-11-5-6-13(8-16(11)17)15-10-20(19-12(15)2)14-4-3-7-18-9-14/h5-6,8,10,14,18H,3-4,7,9H2,1-2H3. The fourth-order valence-electron chi connectivity index (χ4n) is 2.77. The van der Waals surface area contributed by atoms with Crippen molar-refractivity contribution in [3.63, 3.8) is 0 Å². The molecule has 4 heteroatoms. The van der Waals surface area contributed by atoms with E-state index in [0.29, 0.717) is 6.04 Å². The van der Waals surface area contributed by atoms with Crippen LogP contribution in [-0.4, -0.2) is 22.9 Å². The number of aryl methyl sites for hydroxylation is 2. The molecule has 0 bridgehead atoms. The highest BCUT2D eigenvalue weighted by atomic mass is 79.9. The lowest BCUT2D eigenvalue weighted by Crippen LogP contribution is -2.31. The molecule has 0 saturated carbocycles. The molecule has 1 aromatic carbocycles. The van der Waals surface area contributed by atoms with Crippen molar-refractivity contribution in [2.75, 3.05) is 13.1 Å². The minimum Gasteiger partial charge on any atom is -0.315 e. The van der Waals surface area contributed by atoms with E-state index in [1.807, 2.05) is 0 Å². The Hall–Kier alpha value is -1.13. The zero-order chi connectivity index (χ0) is 14.1. The van der Waals surface area contributed by atoms with E-state index >= 15 is 0 Å². The van der Waals surface area contributed by atoms with Crippen molar-refractivity contribution in [1.29, 1.82) is 0 Å². The molecule has 3 rings (SSSR count). The number of nitrogens with one attached hydrogen (secondary N) is 1. The van der Waals surface area contributed by atoms with Gasteiger partial charge in [-0.1, -0.05) is 28.1 Å². The molecule has 1 aliphatic heterocycles. The molecule has 0 spiro atoms. The number of piperidine rings is 1. The predicted octanol–water partition coefficient (Wildman–Crippen LogP) is 3.85. The van der Waals surface area contributed by atoms with E-state index in [4.69, 9.17) is 5.10 Å².